The van der Waals surface area contributed by atoms with Crippen molar-refractivity contribution in [2.24, 2.45) is 0 Å². The van der Waals surface area contributed by atoms with E-state index in [0.29, 0.717) is 29.2 Å². The number of benzene rings is 3. The number of hydrogen-bond acceptors (Lipinski definition) is 5. The van der Waals surface area contributed by atoms with E-state index in [4.69, 9.17) is 15.2 Å². The maximum Gasteiger partial charge on any atom is 0.407 e. The summed E-state index contributed by atoms with van der Waals surface area (Å²) >= 11 is 0. The number of hydrogen-bond donors (Lipinski definition) is 2. The third kappa shape index (κ3) is 7.66. The van der Waals surface area contributed by atoms with Crippen LogP contribution in [0.5, 0.6) is 5.75 Å². The molecule has 0 aliphatic heterocycles. The molecule has 0 radical (unpaired) electrons. The molecule has 0 unspecified atom stereocenters. The lowest BCUT2D eigenvalue weighted by Crippen LogP contribution is -2.32. The number of anilines is 1. The summed E-state index contributed by atoms with van der Waals surface area (Å²) in [5.41, 5.74) is 8.83. The number of ether oxygens (including phenoxy) is 2. The fourth-order valence-electron chi connectivity index (χ4n) is 3.40. The Bertz CT molecular complexity index is 1120. The highest BCUT2D eigenvalue weighted by Crippen LogP contribution is 2.23. The van der Waals surface area contributed by atoms with Crippen molar-refractivity contribution in [1.82, 2.24) is 5.32 Å². The molecule has 1 amide bonds. The largest absolute Gasteiger partial charge is 0.494 e. The van der Waals surface area contributed by atoms with Gasteiger partial charge in [0.1, 0.15) is 11.4 Å². The van der Waals surface area contributed by atoms with Crippen LogP contribution in [-0.4, -0.2) is 24.1 Å². The van der Waals surface area contributed by atoms with E-state index in [2.05, 4.69) is 17.4 Å². The van der Waals surface area contributed by atoms with Crippen molar-refractivity contribution in [2.45, 2.75) is 45.8 Å². The first-order chi connectivity index (χ1) is 16.2. The van der Waals surface area contributed by atoms with Crippen LogP contribution in [0, 0.1) is 0 Å². The summed E-state index contributed by atoms with van der Waals surface area (Å²) in [6, 6.07) is 22.5. The van der Waals surface area contributed by atoms with E-state index in [1.807, 2.05) is 24.3 Å². The van der Waals surface area contributed by atoms with Crippen molar-refractivity contribution in [1.29, 1.82) is 0 Å². The van der Waals surface area contributed by atoms with Crippen molar-refractivity contribution >= 4 is 17.6 Å². The summed E-state index contributed by atoms with van der Waals surface area (Å²) in [6.45, 7) is 6.19. The number of nitrogen functional groups attached to an aromatic ring is 1. The maximum absolute atomic E-state index is 13.2. The van der Waals surface area contributed by atoms with Crippen LogP contribution >= 0.6 is 0 Å². The summed E-state index contributed by atoms with van der Waals surface area (Å²) < 4.78 is 11.1. The number of alkyl carbamates (subject to hydrolysis) is 1. The molecular formula is C28H32N2O4. The van der Waals surface area contributed by atoms with Gasteiger partial charge in [0, 0.05) is 23.4 Å². The summed E-state index contributed by atoms with van der Waals surface area (Å²) in [5, 5.41) is 2.71. The van der Waals surface area contributed by atoms with E-state index in [1.54, 1.807) is 57.2 Å². The van der Waals surface area contributed by atoms with Crippen LogP contribution in [0.2, 0.25) is 0 Å². The van der Waals surface area contributed by atoms with Gasteiger partial charge in [-0.05, 0) is 69.0 Å². The molecule has 0 heterocycles. The Balaban J connectivity index is 1.61. The highest BCUT2D eigenvalue weighted by molar-refractivity contribution is 6.12. The third-order valence-electron chi connectivity index (χ3n) is 5.02. The molecule has 6 heteroatoms. The molecule has 3 N–H and O–H groups in total. The summed E-state index contributed by atoms with van der Waals surface area (Å²) in [6.07, 6.45) is 1.28. The van der Waals surface area contributed by atoms with E-state index in [1.165, 1.54) is 5.56 Å². The Morgan fingerprint density at radius 1 is 0.912 bits per heavy atom. The molecule has 0 saturated carbocycles. The molecule has 0 bridgehead atoms. The number of rotatable bonds is 9. The second-order valence-corrected chi connectivity index (χ2v) is 9.07. The smallest absolute Gasteiger partial charge is 0.407 e. The van der Waals surface area contributed by atoms with Crippen molar-refractivity contribution < 1.29 is 19.1 Å². The number of aryl methyl sites for hydroxylation is 1. The van der Waals surface area contributed by atoms with Crippen LogP contribution in [-0.2, 0) is 17.7 Å². The van der Waals surface area contributed by atoms with Gasteiger partial charge in [-0.1, -0.05) is 48.5 Å². The van der Waals surface area contributed by atoms with Crippen molar-refractivity contribution in [3.8, 4) is 5.75 Å². The molecule has 0 aliphatic carbocycles. The lowest BCUT2D eigenvalue weighted by molar-refractivity contribution is 0.0523. The standard InChI is InChI=1S/C28H32N2O4/c1-28(2,3)34-27(32)30-19-21-11-7-13-22(17-21)26(31)24-18-23(14-15-25(24)29)33-16-8-12-20-9-5-4-6-10-20/h4-7,9-11,13-15,17-18H,8,12,16,19,29H2,1-3H3,(H,30,32). The predicted molar refractivity (Wildman–Crippen MR) is 134 cm³/mol. The van der Waals surface area contributed by atoms with Crippen molar-refractivity contribution in [2.75, 3.05) is 12.3 Å². The van der Waals surface area contributed by atoms with E-state index < -0.39 is 11.7 Å². The Morgan fingerprint density at radius 3 is 2.38 bits per heavy atom. The monoisotopic (exact) mass is 460 g/mol. The third-order valence-corrected chi connectivity index (χ3v) is 5.02. The fourth-order valence-corrected chi connectivity index (χ4v) is 3.40. The van der Waals surface area contributed by atoms with E-state index in [0.717, 1.165) is 18.4 Å². The summed E-state index contributed by atoms with van der Waals surface area (Å²) in [7, 11) is 0. The Morgan fingerprint density at radius 2 is 1.65 bits per heavy atom. The molecule has 6 nitrogen and oxygen atoms in total. The van der Waals surface area contributed by atoms with Gasteiger partial charge in [-0.2, -0.15) is 0 Å². The molecule has 3 aromatic rings. The lowest BCUT2D eigenvalue weighted by atomic mass is 9.99. The zero-order valence-corrected chi connectivity index (χ0v) is 20.0. The zero-order chi connectivity index (χ0) is 24.6. The van der Waals surface area contributed by atoms with Crippen LogP contribution in [0.3, 0.4) is 0 Å². The molecule has 0 aromatic heterocycles. The fraction of sp³-hybridized carbons (Fsp3) is 0.286. The molecule has 0 aliphatic rings. The van der Waals surface area contributed by atoms with Crippen molar-refractivity contribution in [3.05, 3.63) is 95.1 Å². The zero-order valence-electron chi connectivity index (χ0n) is 20.0. The van der Waals surface area contributed by atoms with Crippen LogP contribution < -0.4 is 15.8 Å². The number of carbonyl (C=O) groups is 2. The van der Waals surface area contributed by atoms with Gasteiger partial charge >= 0.3 is 6.09 Å². The van der Waals surface area contributed by atoms with Gasteiger partial charge in [0.05, 0.1) is 6.61 Å². The highest BCUT2D eigenvalue weighted by Gasteiger charge is 2.17. The van der Waals surface area contributed by atoms with E-state index >= 15 is 0 Å². The molecule has 0 saturated heterocycles. The number of nitrogens with one attached hydrogen (secondary N) is 1. The average Bonchev–Trinajstić information content (AvgIpc) is 2.81. The van der Waals surface area contributed by atoms with Crippen LogP contribution in [0.15, 0.2) is 72.8 Å². The quantitative estimate of drug-likeness (QED) is 0.249. The Kier molecular flexibility index (Phi) is 8.30. The SMILES string of the molecule is CC(C)(C)OC(=O)NCc1cccc(C(=O)c2cc(OCCCc3ccccc3)ccc2N)c1. The number of nitrogens with two attached hydrogens (primary N) is 1. The van der Waals surface area contributed by atoms with Gasteiger partial charge in [-0.25, -0.2) is 4.79 Å². The molecule has 3 rings (SSSR count). The molecule has 3 aromatic carbocycles. The second kappa shape index (κ2) is 11.4. The molecule has 178 valence electrons. The molecule has 0 spiro atoms. The molecule has 34 heavy (non-hydrogen) atoms. The molecule has 0 atom stereocenters. The van der Waals surface area contributed by atoms with Gasteiger partial charge in [-0.3, -0.25) is 4.79 Å². The first-order valence-electron chi connectivity index (χ1n) is 11.4. The summed E-state index contributed by atoms with van der Waals surface area (Å²) in [5.74, 6) is 0.403. The summed E-state index contributed by atoms with van der Waals surface area (Å²) in [4.78, 5) is 25.1. The second-order valence-electron chi connectivity index (χ2n) is 9.07. The van der Waals surface area contributed by atoms with Gasteiger partial charge in [0.25, 0.3) is 0 Å². The average molecular weight is 461 g/mol. The van der Waals surface area contributed by atoms with Crippen LogP contribution in [0.25, 0.3) is 0 Å². The van der Waals surface area contributed by atoms with E-state index in [9.17, 15) is 9.59 Å². The molecule has 0 fully saturated rings. The lowest BCUT2D eigenvalue weighted by Gasteiger charge is -2.19. The van der Waals surface area contributed by atoms with Gasteiger partial charge in [0.15, 0.2) is 5.78 Å². The van der Waals surface area contributed by atoms with Crippen molar-refractivity contribution in [3.63, 3.8) is 0 Å². The van der Waals surface area contributed by atoms with Gasteiger partial charge in [0.2, 0.25) is 0 Å². The van der Waals surface area contributed by atoms with Gasteiger partial charge < -0.3 is 20.5 Å². The minimum atomic E-state index is -0.575. The number of ketones is 1. The normalized spacial score (nSPS) is 11.0. The Labute approximate surface area is 201 Å². The minimum Gasteiger partial charge on any atom is -0.494 e. The predicted octanol–water partition coefficient (Wildman–Crippen LogP) is 5.54. The van der Waals surface area contributed by atoms with Gasteiger partial charge in [-0.15, -0.1) is 0 Å². The minimum absolute atomic E-state index is 0.202. The molecular weight excluding hydrogens is 428 g/mol. The first-order valence-corrected chi connectivity index (χ1v) is 11.4. The number of carbonyl (C=O) groups excluding carboxylic acids is 2. The highest BCUT2D eigenvalue weighted by atomic mass is 16.6. The topological polar surface area (TPSA) is 90.6 Å². The van der Waals surface area contributed by atoms with Crippen LogP contribution in [0.4, 0.5) is 10.5 Å². The van der Waals surface area contributed by atoms with Crippen LogP contribution in [0.1, 0.15) is 54.2 Å². The maximum atomic E-state index is 13.2. The van der Waals surface area contributed by atoms with E-state index in [-0.39, 0.29) is 12.3 Å². The Hall–Kier alpha value is -3.80. The first kappa shape index (κ1) is 24.8. The number of amides is 1.